The van der Waals surface area contributed by atoms with Gasteiger partial charge < -0.3 is 5.11 Å². The van der Waals surface area contributed by atoms with E-state index in [1.165, 1.54) is 23.3 Å². The van der Waals surface area contributed by atoms with Crippen LogP contribution in [0.2, 0.25) is 0 Å². The van der Waals surface area contributed by atoms with E-state index in [0.717, 1.165) is 50.3 Å². The smallest absolute Gasteiger partial charge is 0.301 e. The van der Waals surface area contributed by atoms with E-state index in [1.54, 1.807) is 6.07 Å². The highest BCUT2D eigenvalue weighted by molar-refractivity contribution is 5.93. The second-order valence-electron chi connectivity index (χ2n) is 9.68. The number of nitrogens with zero attached hydrogens (tertiary/aromatic N) is 3. The van der Waals surface area contributed by atoms with Crippen molar-refractivity contribution in [3.63, 3.8) is 0 Å². The molecule has 0 aliphatic heterocycles. The molecule has 0 aromatic heterocycles. The minimum absolute atomic E-state index is 0.0713. The monoisotopic (exact) mass is 450 g/mol. The quantitative estimate of drug-likeness (QED) is 0.465. The Bertz CT molecular complexity index is 1180. The minimum Gasteiger partial charge on any atom is -0.508 e. The number of aromatic hydroxyl groups is 1. The van der Waals surface area contributed by atoms with Crippen LogP contribution in [0, 0.1) is 37.5 Å². The molecule has 4 atom stereocenters. The number of phenolic OH excluding ortho intramolecular Hbond substituents is 1. The predicted octanol–water partition coefficient (Wildman–Crippen LogP) is 5.53. The van der Waals surface area contributed by atoms with Gasteiger partial charge in [0, 0.05) is 17.2 Å². The third kappa shape index (κ3) is 3.51. The van der Waals surface area contributed by atoms with E-state index in [-0.39, 0.29) is 22.5 Å². The molecule has 9 heteroatoms. The van der Waals surface area contributed by atoms with Gasteiger partial charge in [-0.15, -0.1) is 0 Å². The van der Waals surface area contributed by atoms with E-state index in [4.69, 9.17) is 0 Å². The van der Waals surface area contributed by atoms with Gasteiger partial charge in [0.2, 0.25) is 0 Å². The number of nitro groups is 2. The molecule has 2 aromatic carbocycles. The molecule has 0 amide bonds. The van der Waals surface area contributed by atoms with Gasteiger partial charge in [0.1, 0.15) is 11.4 Å². The zero-order chi connectivity index (χ0) is 23.3. The Morgan fingerprint density at radius 1 is 1.06 bits per heavy atom. The molecule has 0 radical (unpaired) electrons. The zero-order valence-electron chi connectivity index (χ0n) is 18.4. The molecule has 3 aliphatic rings. The molecule has 0 saturated heterocycles. The number of hydrazone groups is 1. The fourth-order valence-electron chi connectivity index (χ4n) is 6.55. The van der Waals surface area contributed by atoms with Crippen LogP contribution in [-0.4, -0.2) is 20.7 Å². The van der Waals surface area contributed by atoms with Gasteiger partial charge in [-0.3, -0.25) is 25.7 Å². The second-order valence-corrected chi connectivity index (χ2v) is 9.68. The average molecular weight is 450 g/mol. The number of phenols is 1. The summed E-state index contributed by atoms with van der Waals surface area (Å²) in [6.45, 7) is 2.26. The van der Waals surface area contributed by atoms with Crippen molar-refractivity contribution >= 4 is 22.8 Å². The standard InChI is InChI=1S/C24H26N4O5/c1-24-11-10-18-17-6-4-16(29)12-14(17)2-5-19(18)20(24)7-9-23(24)26-25-21-8-3-15(27(30)31)13-22(21)28(32)33/h3-4,6,8,12-13,18-20,25,29H,2,5,7,9-11H2,1H3/t18-,19-,20+,24+/m1/s1. The van der Waals surface area contributed by atoms with Crippen molar-refractivity contribution in [2.75, 3.05) is 5.43 Å². The van der Waals surface area contributed by atoms with Crippen molar-refractivity contribution in [2.24, 2.45) is 22.4 Å². The van der Waals surface area contributed by atoms with E-state index >= 15 is 0 Å². The lowest BCUT2D eigenvalue weighted by Gasteiger charge is -2.49. The van der Waals surface area contributed by atoms with Gasteiger partial charge in [-0.2, -0.15) is 5.10 Å². The summed E-state index contributed by atoms with van der Waals surface area (Å²) < 4.78 is 0. The summed E-state index contributed by atoms with van der Waals surface area (Å²) in [5.74, 6) is 1.87. The highest BCUT2D eigenvalue weighted by Crippen LogP contribution is 2.60. The van der Waals surface area contributed by atoms with Crippen LogP contribution in [0.25, 0.3) is 0 Å². The van der Waals surface area contributed by atoms with E-state index in [9.17, 15) is 25.3 Å². The average Bonchev–Trinajstić information content (AvgIpc) is 3.13. The topological polar surface area (TPSA) is 131 Å². The molecule has 2 aromatic rings. The molecule has 2 fully saturated rings. The van der Waals surface area contributed by atoms with E-state index in [0.29, 0.717) is 23.5 Å². The molecule has 33 heavy (non-hydrogen) atoms. The first kappa shape index (κ1) is 21.4. The van der Waals surface area contributed by atoms with Gasteiger partial charge >= 0.3 is 5.69 Å². The number of anilines is 1. The van der Waals surface area contributed by atoms with Gasteiger partial charge in [0.15, 0.2) is 0 Å². The Hall–Kier alpha value is -3.49. The molecule has 2 saturated carbocycles. The van der Waals surface area contributed by atoms with Crippen LogP contribution in [0.1, 0.15) is 56.1 Å². The van der Waals surface area contributed by atoms with Crippen LogP contribution in [0.15, 0.2) is 41.5 Å². The number of nitro benzene ring substituents is 2. The molecular weight excluding hydrogens is 424 g/mol. The number of nitrogens with one attached hydrogen (secondary N) is 1. The van der Waals surface area contributed by atoms with Crippen molar-refractivity contribution in [3.8, 4) is 5.75 Å². The maximum atomic E-state index is 11.4. The van der Waals surface area contributed by atoms with E-state index < -0.39 is 9.85 Å². The molecule has 0 spiro atoms. The summed E-state index contributed by atoms with van der Waals surface area (Å²) >= 11 is 0. The summed E-state index contributed by atoms with van der Waals surface area (Å²) in [7, 11) is 0. The largest absolute Gasteiger partial charge is 0.508 e. The second kappa shape index (κ2) is 7.83. The van der Waals surface area contributed by atoms with Crippen LogP contribution in [0.3, 0.4) is 0 Å². The third-order valence-electron chi connectivity index (χ3n) is 8.15. The van der Waals surface area contributed by atoms with E-state index in [2.05, 4.69) is 23.5 Å². The summed E-state index contributed by atoms with van der Waals surface area (Å²) in [4.78, 5) is 21.2. The molecule has 172 valence electrons. The Morgan fingerprint density at radius 3 is 2.64 bits per heavy atom. The lowest BCUT2D eigenvalue weighted by Crippen LogP contribution is -2.42. The maximum Gasteiger partial charge on any atom is 0.301 e. The number of non-ortho nitro benzene ring substituents is 1. The highest BCUT2D eigenvalue weighted by Gasteiger charge is 2.53. The number of fused-ring (bicyclic) bond motifs is 5. The summed E-state index contributed by atoms with van der Waals surface area (Å²) in [6, 6.07) is 9.34. The van der Waals surface area contributed by atoms with Crippen molar-refractivity contribution in [1.29, 1.82) is 0 Å². The lowest BCUT2D eigenvalue weighted by molar-refractivity contribution is -0.393. The van der Waals surface area contributed by atoms with Gasteiger partial charge in [-0.05, 0) is 85.6 Å². The minimum atomic E-state index is -0.645. The number of hydrogen-bond donors (Lipinski definition) is 2. The molecule has 9 nitrogen and oxygen atoms in total. The van der Waals surface area contributed by atoms with Crippen LogP contribution in [0.5, 0.6) is 5.75 Å². The number of hydrogen-bond acceptors (Lipinski definition) is 7. The molecule has 2 N–H and O–H groups in total. The Labute approximate surface area is 190 Å². The van der Waals surface area contributed by atoms with Crippen molar-refractivity contribution in [1.82, 2.24) is 0 Å². The first-order valence-corrected chi connectivity index (χ1v) is 11.4. The first-order valence-electron chi connectivity index (χ1n) is 11.4. The number of aryl methyl sites for hydroxylation is 1. The van der Waals surface area contributed by atoms with Crippen LogP contribution in [0.4, 0.5) is 17.1 Å². The molecule has 5 rings (SSSR count). The SMILES string of the molecule is C[C@]12CC[C@@H]3c4ccc(O)cc4CC[C@H]3[C@@H]1CCC2=NNc1ccc([N+](=O)[O-])cc1[N+](=O)[O-]. The van der Waals surface area contributed by atoms with Crippen LogP contribution < -0.4 is 5.43 Å². The van der Waals surface area contributed by atoms with Crippen LogP contribution >= 0.6 is 0 Å². The van der Waals surface area contributed by atoms with Gasteiger partial charge in [0.25, 0.3) is 5.69 Å². The normalized spacial score (nSPS) is 29.1. The molecule has 3 aliphatic carbocycles. The number of rotatable bonds is 4. The fraction of sp³-hybridized carbons (Fsp3) is 0.458. The summed E-state index contributed by atoms with van der Waals surface area (Å²) in [5, 5.41) is 36.9. The first-order chi connectivity index (χ1) is 15.8. The molecular formula is C24H26N4O5. The molecule has 0 heterocycles. The van der Waals surface area contributed by atoms with Crippen molar-refractivity contribution in [2.45, 2.75) is 51.4 Å². The lowest BCUT2D eigenvalue weighted by atomic mass is 9.55. The molecule has 0 bridgehead atoms. The van der Waals surface area contributed by atoms with Crippen molar-refractivity contribution < 1.29 is 15.0 Å². The fourth-order valence-corrected chi connectivity index (χ4v) is 6.55. The zero-order valence-corrected chi connectivity index (χ0v) is 18.4. The summed E-state index contributed by atoms with van der Waals surface area (Å²) in [6.07, 6.45) is 5.97. The van der Waals surface area contributed by atoms with E-state index in [1.807, 2.05) is 6.07 Å². The maximum absolute atomic E-state index is 11.4. The third-order valence-corrected chi connectivity index (χ3v) is 8.15. The Kier molecular flexibility index (Phi) is 5.07. The molecule has 0 unspecified atom stereocenters. The summed E-state index contributed by atoms with van der Waals surface area (Å²) in [5.41, 5.74) is 5.92. The Morgan fingerprint density at radius 2 is 1.88 bits per heavy atom. The Balaban J connectivity index is 1.40. The predicted molar refractivity (Wildman–Crippen MR) is 124 cm³/mol. The van der Waals surface area contributed by atoms with Crippen LogP contribution in [-0.2, 0) is 6.42 Å². The van der Waals surface area contributed by atoms with Crippen molar-refractivity contribution in [3.05, 3.63) is 67.8 Å². The van der Waals surface area contributed by atoms with Gasteiger partial charge in [0.05, 0.1) is 15.9 Å². The highest BCUT2D eigenvalue weighted by atomic mass is 16.6. The number of benzene rings is 2. The van der Waals surface area contributed by atoms with Gasteiger partial charge in [-0.25, -0.2) is 0 Å². The van der Waals surface area contributed by atoms with Gasteiger partial charge in [-0.1, -0.05) is 13.0 Å².